The minimum absolute atomic E-state index is 0.000789. The van der Waals surface area contributed by atoms with Crippen LogP contribution in [-0.4, -0.2) is 58.8 Å². The highest BCUT2D eigenvalue weighted by Gasteiger charge is 2.42. The van der Waals surface area contributed by atoms with Crippen molar-refractivity contribution in [1.29, 1.82) is 0 Å². The summed E-state index contributed by atoms with van der Waals surface area (Å²) in [5.74, 6) is 1.32. The summed E-state index contributed by atoms with van der Waals surface area (Å²) < 4.78 is 16.3. The highest BCUT2D eigenvalue weighted by Crippen LogP contribution is 2.35. The molecule has 12 heteroatoms. The van der Waals surface area contributed by atoms with E-state index in [4.69, 9.17) is 14.2 Å². The van der Waals surface area contributed by atoms with Gasteiger partial charge in [-0.05, 0) is 48.9 Å². The first kappa shape index (κ1) is 27.3. The zero-order chi connectivity index (χ0) is 29.1. The molecular weight excluding hydrogens is 558 g/mol. The number of carbonyl (C=O) groups excluding carboxylic acids is 3. The van der Waals surface area contributed by atoms with Crippen LogP contribution < -0.4 is 24.8 Å². The molecule has 0 spiro atoms. The number of rotatable bonds is 9. The Morgan fingerprint density at radius 1 is 1.05 bits per heavy atom. The zero-order valence-electron chi connectivity index (χ0n) is 22.7. The van der Waals surface area contributed by atoms with Crippen molar-refractivity contribution in [3.63, 3.8) is 0 Å². The van der Waals surface area contributed by atoms with Gasteiger partial charge in [0, 0.05) is 12.1 Å². The number of ether oxygens (including phenoxy) is 3. The van der Waals surface area contributed by atoms with Crippen molar-refractivity contribution < 1.29 is 28.6 Å². The molecule has 11 nitrogen and oxygen atoms in total. The van der Waals surface area contributed by atoms with Gasteiger partial charge in [0.2, 0.25) is 18.6 Å². The molecule has 3 heterocycles. The predicted octanol–water partition coefficient (Wildman–Crippen LogP) is 3.85. The Bertz CT molecular complexity index is 1620. The number of para-hydroxylation sites is 3. The molecule has 0 unspecified atom stereocenters. The van der Waals surface area contributed by atoms with Crippen LogP contribution in [0.5, 0.6) is 17.2 Å². The molecule has 3 aliphatic heterocycles. The summed E-state index contributed by atoms with van der Waals surface area (Å²) in [4.78, 5) is 49.9. The molecular formula is C30H27N5O6S. The van der Waals surface area contributed by atoms with E-state index < -0.39 is 6.04 Å². The van der Waals surface area contributed by atoms with E-state index in [0.29, 0.717) is 51.8 Å². The van der Waals surface area contributed by atoms with Crippen LogP contribution in [0.15, 0.2) is 76.7 Å². The monoisotopic (exact) mass is 585 g/mol. The van der Waals surface area contributed by atoms with Crippen LogP contribution in [0.1, 0.15) is 24.5 Å². The second-order valence-electron chi connectivity index (χ2n) is 9.49. The third kappa shape index (κ3) is 5.66. The Kier molecular flexibility index (Phi) is 7.78. The number of aliphatic imine (C=N–C) groups is 2. The van der Waals surface area contributed by atoms with Crippen molar-refractivity contribution in [2.75, 3.05) is 24.5 Å². The van der Waals surface area contributed by atoms with Gasteiger partial charge in [0.15, 0.2) is 16.7 Å². The number of nitrogens with zero attached hydrogens (tertiary/aromatic N) is 3. The first-order valence-corrected chi connectivity index (χ1v) is 14.4. The molecule has 0 saturated heterocycles. The highest BCUT2D eigenvalue weighted by atomic mass is 32.2. The van der Waals surface area contributed by atoms with Crippen LogP contribution in [0.3, 0.4) is 0 Å². The topological polar surface area (TPSA) is 131 Å². The molecule has 42 heavy (non-hydrogen) atoms. The summed E-state index contributed by atoms with van der Waals surface area (Å²) in [7, 11) is 0. The number of carbonyl (C=O) groups is 3. The molecule has 3 aromatic rings. The summed E-state index contributed by atoms with van der Waals surface area (Å²) in [5.41, 5.74) is 2.73. The molecule has 0 aromatic heterocycles. The minimum Gasteiger partial charge on any atom is -0.492 e. The van der Waals surface area contributed by atoms with Crippen molar-refractivity contribution >= 4 is 51.9 Å². The lowest BCUT2D eigenvalue weighted by Gasteiger charge is -2.25. The number of amides is 3. The molecule has 0 fully saturated rings. The fourth-order valence-electron chi connectivity index (χ4n) is 4.70. The van der Waals surface area contributed by atoms with Crippen molar-refractivity contribution in [2.45, 2.75) is 25.9 Å². The number of nitrogens with one attached hydrogen (secondary N) is 2. The molecule has 3 aliphatic rings. The van der Waals surface area contributed by atoms with E-state index in [1.54, 1.807) is 18.2 Å². The summed E-state index contributed by atoms with van der Waals surface area (Å²) in [6.07, 6.45) is -0.127. The van der Waals surface area contributed by atoms with Gasteiger partial charge < -0.3 is 24.8 Å². The summed E-state index contributed by atoms with van der Waals surface area (Å²) in [5, 5.41) is 6.04. The zero-order valence-corrected chi connectivity index (χ0v) is 23.5. The van der Waals surface area contributed by atoms with Gasteiger partial charge in [-0.25, -0.2) is 9.89 Å². The molecule has 0 saturated carbocycles. The molecule has 0 aliphatic carbocycles. The van der Waals surface area contributed by atoms with Gasteiger partial charge in [0.1, 0.15) is 17.6 Å². The third-order valence-corrected chi connectivity index (χ3v) is 7.59. The van der Waals surface area contributed by atoms with Crippen LogP contribution in [0.4, 0.5) is 11.4 Å². The van der Waals surface area contributed by atoms with Crippen LogP contribution in [0, 0.1) is 0 Å². The van der Waals surface area contributed by atoms with Crippen molar-refractivity contribution in [2.24, 2.45) is 9.98 Å². The normalized spacial score (nSPS) is 16.3. The van der Waals surface area contributed by atoms with Crippen molar-refractivity contribution in [1.82, 2.24) is 10.2 Å². The Balaban J connectivity index is 1.12. The first-order valence-electron chi connectivity index (χ1n) is 13.4. The number of anilines is 1. The van der Waals surface area contributed by atoms with Gasteiger partial charge in [-0.15, -0.1) is 0 Å². The molecule has 3 amide bonds. The van der Waals surface area contributed by atoms with Gasteiger partial charge in [0.25, 0.3) is 5.91 Å². The first-order chi connectivity index (χ1) is 20.5. The molecule has 6 rings (SSSR count). The van der Waals surface area contributed by atoms with Gasteiger partial charge >= 0.3 is 0 Å². The molecule has 214 valence electrons. The van der Waals surface area contributed by atoms with Gasteiger partial charge in [-0.2, -0.15) is 0 Å². The van der Waals surface area contributed by atoms with E-state index in [0.717, 1.165) is 17.3 Å². The van der Waals surface area contributed by atoms with E-state index in [-0.39, 0.29) is 43.2 Å². The minimum atomic E-state index is -0.916. The lowest BCUT2D eigenvalue weighted by atomic mass is 10.1. The predicted molar refractivity (Wildman–Crippen MR) is 158 cm³/mol. The SMILES string of the molecule is CCOc1ccccc1NC(=O)CSC1=Nc2ccccc2C2=N[C@H](CC(=O)NCc3ccc4c(c3)OCO4)C(=O)N12. The highest BCUT2D eigenvalue weighted by molar-refractivity contribution is 8.14. The fraction of sp³-hybridized carbons (Fsp3) is 0.233. The maximum absolute atomic E-state index is 13.5. The van der Waals surface area contributed by atoms with Crippen LogP contribution >= 0.6 is 11.8 Å². The van der Waals surface area contributed by atoms with Crippen LogP contribution in [-0.2, 0) is 20.9 Å². The smallest absolute Gasteiger partial charge is 0.259 e. The van der Waals surface area contributed by atoms with E-state index in [2.05, 4.69) is 20.6 Å². The average molecular weight is 586 g/mol. The standard InChI is InChI=1S/C30H27N5O6S/c1-2-39-23-10-6-5-9-21(23)32-27(37)16-42-30-34-20-8-4-3-7-19(20)28-33-22(29(38)35(28)30)14-26(36)31-15-18-11-12-24-25(13-18)41-17-40-24/h3-13,22H,2,14-17H2,1H3,(H,31,36)(H,32,37)/t22-/m1/s1. The molecule has 2 N–H and O–H groups in total. The lowest BCUT2D eigenvalue weighted by molar-refractivity contribution is -0.128. The van der Waals surface area contributed by atoms with Crippen molar-refractivity contribution in [3.8, 4) is 17.2 Å². The summed E-state index contributed by atoms with van der Waals surface area (Å²) >= 11 is 1.12. The Morgan fingerprint density at radius 3 is 2.74 bits per heavy atom. The third-order valence-electron chi connectivity index (χ3n) is 6.65. The average Bonchev–Trinajstić information content (AvgIpc) is 3.60. The molecule has 3 aromatic carbocycles. The number of hydrogen-bond donors (Lipinski definition) is 2. The quantitative estimate of drug-likeness (QED) is 0.390. The molecule has 1 atom stereocenters. The number of amidine groups is 2. The number of hydrogen-bond acceptors (Lipinski definition) is 9. The number of fused-ring (bicyclic) bond motifs is 4. The summed E-state index contributed by atoms with van der Waals surface area (Å²) in [6.45, 7) is 2.78. The van der Waals surface area contributed by atoms with E-state index in [1.807, 2.05) is 55.5 Å². The van der Waals surface area contributed by atoms with E-state index in [1.165, 1.54) is 4.90 Å². The van der Waals surface area contributed by atoms with Gasteiger partial charge in [-0.3, -0.25) is 19.4 Å². The van der Waals surface area contributed by atoms with Crippen LogP contribution in [0.2, 0.25) is 0 Å². The Morgan fingerprint density at radius 2 is 1.86 bits per heavy atom. The fourth-order valence-corrected chi connectivity index (χ4v) is 5.50. The van der Waals surface area contributed by atoms with Crippen molar-refractivity contribution in [3.05, 3.63) is 77.9 Å². The number of benzene rings is 3. The van der Waals surface area contributed by atoms with Gasteiger partial charge in [-0.1, -0.05) is 42.1 Å². The van der Waals surface area contributed by atoms with Gasteiger partial charge in [0.05, 0.1) is 30.2 Å². The second-order valence-corrected chi connectivity index (χ2v) is 10.4. The number of thioether (sulfide) groups is 1. The molecule has 0 radical (unpaired) electrons. The second kappa shape index (κ2) is 12.0. The Labute approximate surface area is 246 Å². The maximum atomic E-state index is 13.5. The Hall–Kier alpha value is -4.84. The van der Waals surface area contributed by atoms with E-state index in [9.17, 15) is 14.4 Å². The maximum Gasteiger partial charge on any atom is 0.259 e. The molecule has 0 bridgehead atoms. The van der Waals surface area contributed by atoms with E-state index >= 15 is 0 Å². The summed E-state index contributed by atoms with van der Waals surface area (Å²) in [6, 6.07) is 19.1. The van der Waals surface area contributed by atoms with Crippen LogP contribution in [0.25, 0.3) is 0 Å². The largest absolute Gasteiger partial charge is 0.492 e. The lowest BCUT2D eigenvalue weighted by Crippen LogP contribution is -2.42.